The SMILES string of the molecule is Cc1ccnc(C)c1N1C=CN(C2CCCCC2)[C@H]1C. The minimum absolute atomic E-state index is 0.402. The van der Waals surface area contributed by atoms with Crippen LogP contribution < -0.4 is 4.90 Å². The highest BCUT2D eigenvalue weighted by atomic mass is 15.4. The third-order valence-corrected chi connectivity index (χ3v) is 4.80. The van der Waals surface area contributed by atoms with Crippen LogP contribution >= 0.6 is 0 Å². The molecule has 1 fully saturated rings. The van der Waals surface area contributed by atoms with E-state index in [9.17, 15) is 0 Å². The van der Waals surface area contributed by atoms with E-state index in [0.717, 1.165) is 11.7 Å². The molecule has 0 bridgehead atoms. The lowest BCUT2D eigenvalue weighted by atomic mass is 9.94. The zero-order valence-electron chi connectivity index (χ0n) is 12.8. The molecule has 1 aromatic rings. The number of anilines is 1. The highest BCUT2D eigenvalue weighted by Gasteiger charge is 2.30. The van der Waals surface area contributed by atoms with Crippen molar-refractivity contribution in [3.05, 3.63) is 35.9 Å². The van der Waals surface area contributed by atoms with Crippen molar-refractivity contribution in [1.29, 1.82) is 0 Å². The molecule has 3 rings (SSSR count). The van der Waals surface area contributed by atoms with Gasteiger partial charge in [-0.3, -0.25) is 4.98 Å². The van der Waals surface area contributed by atoms with E-state index in [1.165, 1.54) is 43.4 Å². The summed E-state index contributed by atoms with van der Waals surface area (Å²) in [5.41, 5.74) is 3.70. The van der Waals surface area contributed by atoms with E-state index in [1.54, 1.807) is 0 Å². The number of hydrogen-bond donors (Lipinski definition) is 0. The number of hydrogen-bond acceptors (Lipinski definition) is 3. The van der Waals surface area contributed by atoms with Crippen LogP contribution in [0.2, 0.25) is 0 Å². The van der Waals surface area contributed by atoms with E-state index < -0.39 is 0 Å². The average Bonchev–Trinajstić information content (AvgIpc) is 2.82. The van der Waals surface area contributed by atoms with Crippen LogP contribution in [0.1, 0.15) is 50.3 Å². The fourth-order valence-corrected chi connectivity index (χ4v) is 3.69. The first-order valence-corrected chi connectivity index (χ1v) is 7.85. The lowest BCUT2D eigenvalue weighted by molar-refractivity contribution is 0.187. The van der Waals surface area contributed by atoms with Crippen molar-refractivity contribution in [2.75, 3.05) is 4.90 Å². The second-order valence-corrected chi connectivity index (χ2v) is 6.14. The molecule has 1 aliphatic carbocycles. The standard InChI is InChI=1S/C17H25N3/c1-13-9-10-18-14(2)17(13)20-12-11-19(15(20)3)16-7-5-4-6-8-16/h9-12,15-16H,4-8H2,1-3H3/t15-/m1/s1. The van der Waals surface area contributed by atoms with E-state index in [-0.39, 0.29) is 0 Å². The van der Waals surface area contributed by atoms with Crippen LogP contribution in [0.15, 0.2) is 24.7 Å². The van der Waals surface area contributed by atoms with E-state index in [2.05, 4.69) is 54.0 Å². The average molecular weight is 271 g/mol. The summed E-state index contributed by atoms with van der Waals surface area (Å²) in [4.78, 5) is 9.39. The molecule has 0 radical (unpaired) electrons. The van der Waals surface area contributed by atoms with Crippen molar-refractivity contribution in [2.45, 2.75) is 65.1 Å². The fraction of sp³-hybridized carbons (Fsp3) is 0.588. The maximum Gasteiger partial charge on any atom is 0.103 e. The van der Waals surface area contributed by atoms with Crippen LogP contribution in [0.4, 0.5) is 5.69 Å². The summed E-state index contributed by atoms with van der Waals surface area (Å²) < 4.78 is 0. The van der Waals surface area contributed by atoms with Gasteiger partial charge in [0.15, 0.2) is 0 Å². The topological polar surface area (TPSA) is 19.4 Å². The Bertz CT molecular complexity index is 483. The summed E-state index contributed by atoms with van der Waals surface area (Å²) in [6.07, 6.45) is 13.7. The van der Waals surface area contributed by atoms with Crippen molar-refractivity contribution in [3.8, 4) is 0 Å². The molecule has 2 aliphatic rings. The Hall–Kier alpha value is -1.51. The van der Waals surface area contributed by atoms with Gasteiger partial charge in [-0.15, -0.1) is 0 Å². The van der Waals surface area contributed by atoms with E-state index >= 15 is 0 Å². The summed E-state index contributed by atoms with van der Waals surface area (Å²) in [6.45, 7) is 6.58. The second kappa shape index (κ2) is 5.47. The molecule has 0 spiro atoms. The molecule has 0 amide bonds. The van der Waals surface area contributed by atoms with Crippen molar-refractivity contribution < 1.29 is 0 Å². The fourth-order valence-electron chi connectivity index (χ4n) is 3.69. The van der Waals surface area contributed by atoms with Crippen LogP contribution in [0.3, 0.4) is 0 Å². The third kappa shape index (κ3) is 2.30. The van der Waals surface area contributed by atoms with Gasteiger partial charge in [0.1, 0.15) is 6.17 Å². The summed E-state index contributed by atoms with van der Waals surface area (Å²) in [5.74, 6) is 0. The molecule has 0 N–H and O–H groups in total. The molecule has 0 saturated heterocycles. The first-order chi connectivity index (χ1) is 9.68. The van der Waals surface area contributed by atoms with E-state index in [1.807, 2.05) is 6.20 Å². The molecular weight excluding hydrogens is 246 g/mol. The molecule has 3 heteroatoms. The highest BCUT2D eigenvalue weighted by Crippen LogP contribution is 2.33. The normalized spacial score (nSPS) is 23.6. The number of nitrogens with zero attached hydrogens (tertiary/aromatic N) is 3. The van der Waals surface area contributed by atoms with Gasteiger partial charge in [0.25, 0.3) is 0 Å². The molecule has 1 saturated carbocycles. The van der Waals surface area contributed by atoms with Crippen LogP contribution in [-0.4, -0.2) is 22.1 Å². The van der Waals surface area contributed by atoms with Gasteiger partial charge in [-0.1, -0.05) is 19.3 Å². The lowest BCUT2D eigenvalue weighted by Gasteiger charge is -2.38. The molecule has 1 aromatic heterocycles. The van der Waals surface area contributed by atoms with Gasteiger partial charge in [0.2, 0.25) is 0 Å². The predicted molar refractivity (Wildman–Crippen MR) is 83.5 cm³/mol. The minimum Gasteiger partial charge on any atom is -0.353 e. The van der Waals surface area contributed by atoms with Gasteiger partial charge in [0.05, 0.1) is 11.4 Å². The van der Waals surface area contributed by atoms with Crippen LogP contribution in [0.25, 0.3) is 0 Å². The maximum atomic E-state index is 4.46. The Labute approximate surface area is 122 Å². The van der Waals surface area contributed by atoms with Crippen molar-refractivity contribution >= 4 is 5.69 Å². The Morgan fingerprint density at radius 1 is 1.10 bits per heavy atom. The number of pyridine rings is 1. The van der Waals surface area contributed by atoms with Gasteiger partial charge in [0, 0.05) is 24.6 Å². The molecule has 1 atom stereocenters. The van der Waals surface area contributed by atoms with Crippen molar-refractivity contribution in [1.82, 2.24) is 9.88 Å². The van der Waals surface area contributed by atoms with Crippen LogP contribution in [0, 0.1) is 13.8 Å². The van der Waals surface area contributed by atoms with E-state index in [0.29, 0.717) is 6.17 Å². The van der Waals surface area contributed by atoms with Crippen molar-refractivity contribution in [3.63, 3.8) is 0 Å². The monoisotopic (exact) mass is 271 g/mol. The first kappa shape index (κ1) is 13.5. The number of aryl methyl sites for hydroxylation is 2. The minimum atomic E-state index is 0.402. The summed E-state index contributed by atoms with van der Waals surface area (Å²) in [5, 5.41) is 0. The Morgan fingerprint density at radius 3 is 2.55 bits per heavy atom. The van der Waals surface area contributed by atoms with Gasteiger partial charge in [-0.05, 0) is 45.2 Å². The van der Waals surface area contributed by atoms with Crippen molar-refractivity contribution in [2.24, 2.45) is 0 Å². The largest absolute Gasteiger partial charge is 0.353 e. The number of aromatic nitrogens is 1. The van der Waals surface area contributed by atoms with Gasteiger partial charge in [-0.25, -0.2) is 0 Å². The van der Waals surface area contributed by atoms with Crippen LogP contribution in [-0.2, 0) is 0 Å². The zero-order chi connectivity index (χ0) is 14.1. The van der Waals surface area contributed by atoms with E-state index in [4.69, 9.17) is 0 Å². The molecule has 108 valence electrons. The summed E-state index contributed by atoms with van der Waals surface area (Å²) in [6, 6.07) is 2.82. The predicted octanol–water partition coefficient (Wildman–Crippen LogP) is 3.97. The van der Waals surface area contributed by atoms with Gasteiger partial charge >= 0.3 is 0 Å². The molecular formula is C17H25N3. The quantitative estimate of drug-likeness (QED) is 0.811. The molecule has 20 heavy (non-hydrogen) atoms. The molecule has 2 heterocycles. The molecule has 0 unspecified atom stereocenters. The summed E-state index contributed by atoms with van der Waals surface area (Å²) in [7, 11) is 0. The molecule has 1 aliphatic heterocycles. The smallest absolute Gasteiger partial charge is 0.103 e. The third-order valence-electron chi connectivity index (χ3n) is 4.80. The number of rotatable bonds is 2. The Kier molecular flexibility index (Phi) is 3.68. The Morgan fingerprint density at radius 2 is 1.85 bits per heavy atom. The lowest BCUT2D eigenvalue weighted by Crippen LogP contribution is -2.43. The molecule has 0 aromatic carbocycles. The van der Waals surface area contributed by atoms with Gasteiger partial charge in [-0.2, -0.15) is 0 Å². The first-order valence-electron chi connectivity index (χ1n) is 7.85. The molecule has 3 nitrogen and oxygen atoms in total. The second-order valence-electron chi connectivity index (χ2n) is 6.14. The van der Waals surface area contributed by atoms with Crippen LogP contribution in [0.5, 0.6) is 0 Å². The summed E-state index contributed by atoms with van der Waals surface area (Å²) >= 11 is 0. The maximum absolute atomic E-state index is 4.46. The highest BCUT2D eigenvalue weighted by molar-refractivity contribution is 5.59. The Balaban J connectivity index is 1.82. The zero-order valence-corrected chi connectivity index (χ0v) is 12.8. The van der Waals surface area contributed by atoms with Gasteiger partial charge < -0.3 is 9.80 Å².